The molecule has 0 amide bonds. The number of hydrogen-bond donors (Lipinski definition) is 0. The Hall–Kier alpha value is -6.24. The molecule has 1 aliphatic carbocycles. The van der Waals surface area contributed by atoms with Crippen molar-refractivity contribution in [2.45, 2.75) is 13.8 Å². The zero-order valence-corrected chi connectivity index (χ0v) is 28.0. The Kier molecular flexibility index (Phi) is 5.61. The van der Waals surface area contributed by atoms with Crippen molar-refractivity contribution in [2.75, 3.05) is 0 Å². The summed E-state index contributed by atoms with van der Waals surface area (Å²) in [7, 11) is 0. The molecule has 11 rings (SSSR count). The second kappa shape index (κ2) is 10.1. The van der Waals surface area contributed by atoms with Crippen molar-refractivity contribution in [1.82, 2.24) is 0 Å². The first-order valence-corrected chi connectivity index (χ1v) is 17.6. The fourth-order valence-corrected chi connectivity index (χ4v) is 9.49. The molecule has 0 bridgehead atoms. The van der Waals surface area contributed by atoms with E-state index < -0.39 is 0 Å². The van der Waals surface area contributed by atoms with Gasteiger partial charge in [0.25, 0.3) is 0 Å². The molecule has 0 unspecified atom stereocenters. The van der Waals surface area contributed by atoms with Crippen LogP contribution in [0.5, 0.6) is 0 Å². The minimum absolute atomic E-state index is 1.29. The van der Waals surface area contributed by atoms with Crippen molar-refractivity contribution in [3.05, 3.63) is 169 Å². The molecular weight excluding hydrogens is 601 g/mol. The van der Waals surface area contributed by atoms with Gasteiger partial charge < -0.3 is 0 Å². The Balaban J connectivity index is 1.46. The predicted molar refractivity (Wildman–Crippen MR) is 216 cm³/mol. The van der Waals surface area contributed by atoms with Crippen molar-refractivity contribution >= 4 is 64.6 Å². The van der Waals surface area contributed by atoms with Gasteiger partial charge in [-0.1, -0.05) is 158 Å². The Bertz CT molecular complexity index is 2780. The lowest BCUT2D eigenvalue weighted by Gasteiger charge is -2.25. The average molecular weight is 633 g/mol. The van der Waals surface area contributed by atoms with Crippen LogP contribution in [0.4, 0.5) is 0 Å². The van der Waals surface area contributed by atoms with E-state index in [1.165, 1.54) is 120 Å². The average Bonchev–Trinajstić information content (AvgIpc) is 3.51. The number of aryl methyl sites for hydroxylation is 2. The van der Waals surface area contributed by atoms with E-state index >= 15 is 0 Å². The SMILES string of the molecule is Cc1c2ccccc2c(-c2c3c(c(-c4c5ccccc5c(C)c5ccccc45)c4ccccc24)-c2cccc4cccc-3c24)c2ccccc12. The normalized spacial score (nSPS) is 12.2. The Morgan fingerprint density at radius 1 is 0.240 bits per heavy atom. The smallest absolute Gasteiger partial charge is 0.000696 e. The first-order valence-electron chi connectivity index (χ1n) is 17.6. The van der Waals surface area contributed by atoms with E-state index in [9.17, 15) is 0 Å². The van der Waals surface area contributed by atoms with Crippen LogP contribution in [0.2, 0.25) is 0 Å². The van der Waals surface area contributed by atoms with E-state index in [1.54, 1.807) is 0 Å². The fraction of sp³-hybridized carbons (Fsp3) is 0.0400. The van der Waals surface area contributed by atoms with Crippen LogP contribution in [0.25, 0.3) is 109 Å². The highest BCUT2D eigenvalue weighted by molar-refractivity contribution is 6.33. The van der Waals surface area contributed by atoms with E-state index in [1.807, 2.05) is 0 Å². The molecule has 0 N–H and O–H groups in total. The molecule has 0 atom stereocenters. The van der Waals surface area contributed by atoms with Gasteiger partial charge in [-0.3, -0.25) is 0 Å². The molecule has 0 radical (unpaired) electrons. The Labute approximate surface area is 290 Å². The van der Waals surface area contributed by atoms with Gasteiger partial charge in [0.1, 0.15) is 0 Å². The molecule has 0 spiro atoms. The van der Waals surface area contributed by atoms with Crippen LogP contribution in [0.15, 0.2) is 158 Å². The highest BCUT2D eigenvalue weighted by Gasteiger charge is 2.32. The lowest BCUT2D eigenvalue weighted by Crippen LogP contribution is -1.97. The van der Waals surface area contributed by atoms with Crippen LogP contribution >= 0.6 is 0 Å². The van der Waals surface area contributed by atoms with Crippen molar-refractivity contribution in [3.63, 3.8) is 0 Å². The molecule has 0 heterocycles. The van der Waals surface area contributed by atoms with E-state index in [0.717, 1.165) is 0 Å². The molecule has 0 nitrogen and oxygen atoms in total. The molecular formula is C50H32. The maximum absolute atomic E-state index is 2.37. The highest BCUT2D eigenvalue weighted by Crippen LogP contribution is 2.60. The van der Waals surface area contributed by atoms with Crippen LogP contribution in [0.1, 0.15) is 11.1 Å². The zero-order chi connectivity index (χ0) is 33.1. The monoisotopic (exact) mass is 632 g/mol. The lowest BCUT2D eigenvalue weighted by molar-refractivity contribution is 1.57. The summed E-state index contributed by atoms with van der Waals surface area (Å²) in [6, 6.07) is 59.1. The first-order chi connectivity index (χ1) is 24.7. The summed E-state index contributed by atoms with van der Waals surface area (Å²) in [4.78, 5) is 0. The number of benzene rings is 10. The van der Waals surface area contributed by atoms with Crippen LogP contribution < -0.4 is 0 Å². The topological polar surface area (TPSA) is 0 Å². The Morgan fingerprint density at radius 3 is 0.840 bits per heavy atom. The summed E-state index contributed by atoms with van der Waals surface area (Å²) < 4.78 is 0. The van der Waals surface area contributed by atoms with Gasteiger partial charge in [-0.05, 0) is 134 Å². The Morgan fingerprint density at radius 2 is 0.520 bits per heavy atom. The summed E-state index contributed by atoms with van der Waals surface area (Å²) in [5.41, 5.74) is 13.3. The summed E-state index contributed by atoms with van der Waals surface area (Å²) in [5, 5.41) is 15.7. The third-order valence-corrected chi connectivity index (χ3v) is 11.6. The van der Waals surface area contributed by atoms with Crippen LogP contribution in [-0.4, -0.2) is 0 Å². The number of hydrogen-bond acceptors (Lipinski definition) is 0. The first kappa shape index (κ1) is 27.7. The van der Waals surface area contributed by atoms with E-state index in [0.29, 0.717) is 0 Å². The van der Waals surface area contributed by atoms with Gasteiger partial charge in [-0.2, -0.15) is 0 Å². The molecule has 0 saturated heterocycles. The lowest BCUT2D eigenvalue weighted by atomic mass is 9.78. The van der Waals surface area contributed by atoms with E-state index in [2.05, 4.69) is 172 Å². The van der Waals surface area contributed by atoms with Gasteiger partial charge in [-0.15, -0.1) is 0 Å². The molecule has 0 fully saturated rings. The second-order valence-electron chi connectivity index (χ2n) is 13.9. The summed E-state index contributed by atoms with van der Waals surface area (Å²) in [5.74, 6) is 0. The molecule has 232 valence electrons. The van der Waals surface area contributed by atoms with Crippen molar-refractivity contribution in [3.8, 4) is 44.5 Å². The van der Waals surface area contributed by atoms with Crippen molar-refractivity contribution in [1.29, 1.82) is 0 Å². The number of fused-ring (bicyclic) bond motifs is 8. The van der Waals surface area contributed by atoms with E-state index in [4.69, 9.17) is 0 Å². The quantitative estimate of drug-likeness (QED) is 0.166. The molecule has 50 heavy (non-hydrogen) atoms. The van der Waals surface area contributed by atoms with Gasteiger partial charge in [0, 0.05) is 0 Å². The molecule has 0 aliphatic heterocycles. The van der Waals surface area contributed by atoms with Crippen molar-refractivity contribution in [2.24, 2.45) is 0 Å². The van der Waals surface area contributed by atoms with Crippen LogP contribution in [-0.2, 0) is 0 Å². The molecule has 0 saturated carbocycles. The molecule has 10 aromatic carbocycles. The zero-order valence-electron chi connectivity index (χ0n) is 28.0. The molecule has 0 heteroatoms. The summed E-state index contributed by atoms with van der Waals surface area (Å²) in [6.07, 6.45) is 0. The van der Waals surface area contributed by atoms with Gasteiger partial charge in [-0.25, -0.2) is 0 Å². The summed E-state index contributed by atoms with van der Waals surface area (Å²) in [6.45, 7) is 4.56. The standard InChI is InChI=1S/C50H32/c1-29-32-17-3-7-21-36(32)45(37-22-8-4-18-33(29)37)47-40-25-11-12-26-41(40)48(50-43-28-14-16-31-15-13-27-42(44(31)43)49(47)50)46-38-23-9-5-19-34(38)30(2)35-20-6-10-24-39(35)46/h3-28H,1-2H3. The van der Waals surface area contributed by atoms with Gasteiger partial charge >= 0.3 is 0 Å². The maximum atomic E-state index is 2.37. The van der Waals surface area contributed by atoms with Gasteiger partial charge in [0.05, 0.1) is 0 Å². The van der Waals surface area contributed by atoms with Crippen molar-refractivity contribution < 1.29 is 0 Å². The van der Waals surface area contributed by atoms with Crippen LogP contribution in [0.3, 0.4) is 0 Å². The third-order valence-electron chi connectivity index (χ3n) is 11.6. The second-order valence-corrected chi connectivity index (χ2v) is 13.9. The maximum Gasteiger partial charge on any atom is -0.000696 e. The predicted octanol–water partition coefficient (Wildman–Crippen LogP) is 14.2. The summed E-state index contributed by atoms with van der Waals surface area (Å²) >= 11 is 0. The fourth-order valence-electron chi connectivity index (χ4n) is 9.49. The third kappa shape index (κ3) is 3.50. The molecule has 10 aromatic rings. The highest BCUT2D eigenvalue weighted by atomic mass is 14.3. The molecule has 1 aliphatic rings. The minimum atomic E-state index is 1.29. The van der Waals surface area contributed by atoms with Gasteiger partial charge in [0.2, 0.25) is 0 Å². The van der Waals surface area contributed by atoms with E-state index in [-0.39, 0.29) is 0 Å². The minimum Gasteiger partial charge on any atom is -0.0616 e. The largest absolute Gasteiger partial charge is 0.0616 e. The van der Waals surface area contributed by atoms with Crippen LogP contribution in [0, 0.1) is 13.8 Å². The van der Waals surface area contributed by atoms with Gasteiger partial charge in [0.15, 0.2) is 0 Å². The molecule has 0 aromatic heterocycles. The number of rotatable bonds is 2.